The molecule has 4 nitrogen and oxygen atoms in total. The van der Waals surface area contributed by atoms with Crippen LogP contribution in [0.15, 0.2) is 23.1 Å². The van der Waals surface area contributed by atoms with E-state index < -0.39 is 9.84 Å². The molecule has 0 aliphatic rings. The number of anilines is 1. The van der Waals surface area contributed by atoms with E-state index in [0.29, 0.717) is 11.6 Å². The van der Waals surface area contributed by atoms with Gasteiger partial charge in [0.05, 0.1) is 16.3 Å². The zero-order valence-electron chi connectivity index (χ0n) is 10.7. The van der Waals surface area contributed by atoms with Crippen LogP contribution in [0.2, 0.25) is 5.02 Å². The molecule has 0 atom stereocenters. The number of nitrogen functional groups attached to an aromatic ring is 1. The van der Waals surface area contributed by atoms with Gasteiger partial charge in [0.15, 0.2) is 9.84 Å². The number of sulfone groups is 1. The Hall–Kier alpha value is -0.780. The summed E-state index contributed by atoms with van der Waals surface area (Å²) < 4.78 is 24.4. The quantitative estimate of drug-likeness (QED) is 0.814. The largest absolute Gasteiger partial charge is 0.398 e. The van der Waals surface area contributed by atoms with Crippen molar-refractivity contribution < 1.29 is 8.42 Å². The fourth-order valence-corrected chi connectivity index (χ4v) is 3.37. The van der Waals surface area contributed by atoms with E-state index in [1.807, 2.05) is 13.8 Å². The maximum atomic E-state index is 12.2. The van der Waals surface area contributed by atoms with E-state index in [0.717, 1.165) is 13.1 Å². The van der Waals surface area contributed by atoms with Crippen LogP contribution in [0.5, 0.6) is 0 Å². The van der Waals surface area contributed by atoms with Gasteiger partial charge in [-0.1, -0.05) is 25.4 Å². The molecule has 0 saturated carbocycles. The lowest BCUT2D eigenvalue weighted by molar-refractivity contribution is 0.321. The highest BCUT2D eigenvalue weighted by molar-refractivity contribution is 7.91. The summed E-state index contributed by atoms with van der Waals surface area (Å²) in [4.78, 5) is 2.18. The smallest absolute Gasteiger partial charge is 0.181 e. The standard InChI is InChI=1S/C12H19ClN2O2S/c1-3-15(4-2)7-8-18(16,17)12-9-10(13)5-6-11(12)14/h5-6,9H,3-4,7-8,14H2,1-2H3. The Bertz CT molecular complexity index is 499. The highest BCUT2D eigenvalue weighted by atomic mass is 35.5. The van der Waals surface area contributed by atoms with Crippen molar-refractivity contribution >= 4 is 27.1 Å². The Morgan fingerprint density at radius 3 is 2.44 bits per heavy atom. The minimum atomic E-state index is -3.38. The molecule has 6 heteroatoms. The summed E-state index contributed by atoms with van der Waals surface area (Å²) in [7, 11) is -3.38. The van der Waals surface area contributed by atoms with Gasteiger partial charge in [-0.3, -0.25) is 0 Å². The number of halogens is 1. The maximum absolute atomic E-state index is 12.2. The topological polar surface area (TPSA) is 63.4 Å². The van der Waals surface area contributed by atoms with Crippen LogP contribution in [-0.2, 0) is 9.84 Å². The van der Waals surface area contributed by atoms with E-state index >= 15 is 0 Å². The predicted molar refractivity (Wildman–Crippen MR) is 75.7 cm³/mol. The Morgan fingerprint density at radius 1 is 1.28 bits per heavy atom. The lowest BCUT2D eigenvalue weighted by Gasteiger charge is -2.18. The molecule has 0 aromatic heterocycles. The third-order valence-electron chi connectivity index (χ3n) is 2.88. The highest BCUT2D eigenvalue weighted by Crippen LogP contribution is 2.23. The first kappa shape index (κ1) is 15.3. The Kier molecular flexibility index (Phi) is 5.44. The van der Waals surface area contributed by atoms with Crippen LogP contribution in [0.1, 0.15) is 13.8 Å². The molecule has 0 unspecified atom stereocenters. The predicted octanol–water partition coefficient (Wildman–Crippen LogP) is 2.04. The van der Waals surface area contributed by atoms with E-state index in [1.165, 1.54) is 12.1 Å². The lowest BCUT2D eigenvalue weighted by Crippen LogP contribution is -2.29. The van der Waals surface area contributed by atoms with Crippen molar-refractivity contribution in [3.8, 4) is 0 Å². The van der Waals surface area contributed by atoms with Gasteiger partial charge >= 0.3 is 0 Å². The van der Waals surface area contributed by atoms with Crippen molar-refractivity contribution in [2.75, 3.05) is 31.1 Å². The molecule has 0 fully saturated rings. The summed E-state index contributed by atoms with van der Waals surface area (Å²) in [5.74, 6) is 0.0548. The average Bonchev–Trinajstić information content (AvgIpc) is 2.33. The number of nitrogens with two attached hydrogens (primary N) is 1. The zero-order valence-corrected chi connectivity index (χ0v) is 12.3. The Balaban J connectivity index is 2.89. The monoisotopic (exact) mass is 290 g/mol. The first-order valence-corrected chi connectivity index (χ1v) is 7.93. The zero-order chi connectivity index (χ0) is 13.8. The van der Waals surface area contributed by atoms with Gasteiger partial charge in [0.1, 0.15) is 0 Å². The first-order valence-electron chi connectivity index (χ1n) is 5.90. The first-order chi connectivity index (χ1) is 8.40. The van der Waals surface area contributed by atoms with Crippen LogP contribution in [0.4, 0.5) is 5.69 Å². The number of benzene rings is 1. The molecule has 0 aliphatic carbocycles. The van der Waals surface area contributed by atoms with Gasteiger partial charge in [-0.25, -0.2) is 8.42 Å². The van der Waals surface area contributed by atoms with Crippen molar-refractivity contribution in [1.29, 1.82) is 0 Å². The second-order valence-corrected chi connectivity index (χ2v) is 6.54. The molecule has 0 bridgehead atoms. The second kappa shape index (κ2) is 6.41. The van der Waals surface area contributed by atoms with E-state index in [9.17, 15) is 8.42 Å². The van der Waals surface area contributed by atoms with Crippen LogP contribution in [-0.4, -0.2) is 38.7 Å². The fraction of sp³-hybridized carbons (Fsp3) is 0.500. The van der Waals surface area contributed by atoms with Crippen LogP contribution in [0.25, 0.3) is 0 Å². The van der Waals surface area contributed by atoms with E-state index in [1.54, 1.807) is 6.07 Å². The molecule has 18 heavy (non-hydrogen) atoms. The van der Waals surface area contributed by atoms with Gasteiger partial charge < -0.3 is 10.6 Å². The number of nitrogens with zero attached hydrogens (tertiary/aromatic N) is 1. The molecule has 1 aromatic carbocycles. The second-order valence-electron chi connectivity index (χ2n) is 4.03. The normalized spacial score (nSPS) is 12.0. The van der Waals surface area contributed by atoms with Gasteiger partial charge in [0, 0.05) is 11.6 Å². The Morgan fingerprint density at radius 2 is 1.89 bits per heavy atom. The number of hydrogen-bond donors (Lipinski definition) is 1. The third kappa shape index (κ3) is 3.86. The van der Waals surface area contributed by atoms with E-state index in [-0.39, 0.29) is 16.3 Å². The fourth-order valence-electron chi connectivity index (χ4n) is 1.68. The van der Waals surface area contributed by atoms with Gasteiger partial charge in [0.25, 0.3) is 0 Å². The van der Waals surface area contributed by atoms with Gasteiger partial charge in [-0.2, -0.15) is 0 Å². The van der Waals surface area contributed by atoms with Crippen molar-refractivity contribution in [2.24, 2.45) is 0 Å². The minimum Gasteiger partial charge on any atom is -0.398 e. The molecular formula is C12H19ClN2O2S. The third-order valence-corrected chi connectivity index (χ3v) is 4.86. The van der Waals surface area contributed by atoms with Crippen LogP contribution in [0.3, 0.4) is 0 Å². The molecule has 1 aromatic rings. The van der Waals surface area contributed by atoms with Gasteiger partial charge in [-0.05, 0) is 31.3 Å². The van der Waals surface area contributed by atoms with Crippen LogP contribution >= 0.6 is 11.6 Å². The Labute approximate surface area is 114 Å². The molecule has 0 saturated heterocycles. The van der Waals surface area contributed by atoms with Crippen molar-refractivity contribution in [3.05, 3.63) is 23.2 Å². The summed E-state index contributed by atoms with van der Waals surface area (Å²) >= 11 is 5.81. The SMILES string of the molecule is CCN(CC)CCS(=O)(=O)c1cc(Cl)ccc1N. The maximum Gasteiger partial charge on any atom is 0.181 e. The molecule has 0 amide bonds. The number of hydrogen-bond acceptors (Lipinski definition) is 4. The van der Waals surface area contributed by atoms with Crippen molar-refractivity contribution in [1.82, 2.24) is 4.90 Å². The van der Waals surface area contributed by atoms with Crippen molar-refractivity contribution in [3.63, 3.8) is 0 Å². The van der Waals surface area contributed by atoms with E-state index in [4.69, 9.17) is 17.3 Å². The molecular weight excluding hydrogens is 272 g/mol. The van der Waals surface area contributed by atoms with Crippen LogP contribution < -0.4 is 5.73 Å². The molecule has 102 valence electrons. The van der Waals surface area contributed by atoms with Gasteiger partial charge in [0.2, 0.25) is 0 Å². The number of rotatable bonds is 6. The lowest BCUT2D eigenvalue weighted by atomic mass is 10.3. The summed E-state index contributed by atoms with van der Waals surface area (Å²) in [5.41, 5.74) is 5.94. The molecule has 1 rings (SSSR count). The van der Waals surface area contributed by atoms with Crippen molar-refractivity contribution in [2.45, 2.75) is 18.7 Å². The van der Waals surface area contributed by atoms with Gasteiger partial charge in [-0.15, -0.1) is 0 Å². The van der Waals surface area contributed by atoms with E-state index in [2.05, 4.69) is 4.90 Å². The summed E-state index contributed by atoms with van der Waals surface area (Å²) in [6, 6.07) is 4.52. The molecule has 0 radical (unpaired) electrons. The average molecular weight is 291 g/mol. The molecule has 0 aliphatic heterocycles. The highest BCUT2D eigenvalue weighted by Gasteiger charge is 2.18. The van der Waals surface area contributed by atoms with Crippen LogP contribution in [0, 0.1) is 0 Å². The summed E-state index contributed by atoms with van der Waals surface area (Å²) in [5, 5.41) is 0.380. The molecule has 0 heterocycles. The summed E-state index contributed by atoms with van der Waals surface area (Å²) in [6.45, 7) is 6.17. The molecule has 0 spiro atoms. The summed E-state index contributed by atoms with van der Waals surface area (Å²) in [6.07, 6.45) is 0. The molecule has 2 N–H and O–H groups in total. The minimum absolute atomic E-state index is 0.0548.